The summed E-state index contributed by atoms with van der Waals surface area (Å²) in [5.41, 5.74) is 2.17. The number of aliphatic hydroxyl groups is 1. The van der Waals surface area contributed by atoms with Gasteiger partial charge >= 0.3 is 0 Å². The number of aldehydes is 1. The Morgan fingerprint density at radius 3 is 1.75 bits per heavy atom. The molecule has 20 heavy (non-hydrogen) atoms. The van der Waals surface area contributed by atoms with Gasteiger partial charge in [0.2, 0.25) is 0 Å². The molecule has 0 aliphatic heterocycles. The van der Waals surface area contributed by atoms with E-state index in [1.54, 1.807) is 12.2 Å². The maximum atomic E-state index is 9.89. The number of aliphatic hydroxyl groups excluding tert-OH is 1. The van der Waals surface area contributed by atoms with Gasteiger partial charge in [0, 0.05) is 0 Å². The van der Waals surface area contributed by atoms with Crippen molar-refractivity contribution >= 4 is 18.4 Å². The number of carbonyl (C=O) groups is 1. The lowest BCUT2D eigenvalue weighted by atomic mass is 10.2. The first kappa shape index (κ1) is 15.6. The molecule has 1 N–H and O–H groups in total. The molecule has 0 radical (unpaired) electrons. The third-order valence-corrected chi connectivity index (χ3v) is 2.38. The smallest absolute Gasteiger partial charge is 0.142 e. The molecule has 102 valence electrons. The second kappa shape index (κ2) is 10.5. The maximum absolute atomic E-state index is 9.89. The molecule has 0 unspecified atom stereocenters. The highest BCUT2D eigenvalue weighted by Gasteiger charge is 1.80. The molecule has 0 saturated heterocycles. The van der Waals surface area contributed by atoms with Crippen molar-refractivity contribution in [3.05, 3.63) is 83.9 Å². The Balaban J connectivity index is 0.000000200. The fourth-order valence-electron chi connectivity index (χ4n) is 1.47. The quantitative estimate of drug-likeness (QED) is 0.678. The standard InChI is InChI=1S/C9H10O.C9H8O/c2*10-8-4-7-9-5-2-1-3-6-9/h1-7,10H,8H2;1-8H/b2*7-4+. The first-order valence-electron chi connectivity index (χ1n) is 6.36. The molecule has 2 aromatic carbocycles. The highest BCUT2D eigenvalue weighted by molar-refractivity contribution is 5.73. The molecule has 2 heteroatoms. The van der Waals surface area contributed by atoms with Crippen LogP contribution < -0.4 is 0 Å². The van der Waals surface area contributed by atoms with Crippen LogP contribution in [-0.2, 0) is 4.79 Å². The molecule has 0 fully saturated rings. The zero-order chi connectivity index (χ0) is 14.5. The van der Waals surface area contributed by atoms with E-state index < -0.39 is 0 Å². The molecule has 0 aliphatic carbocycles. The Kier molecular flexibility index (Phi) is 8.17. The summed E-state index contributed by atoms with van der Waals surface area (Å²) in [7, 11) is 0. The second-order valence-corrected chi connectivity index (χ2v) is 3.90. The van der Waals surface area contributed by atoms with Crippen LogP contribution in [0.4, 0.5) is 0 Å². The van der Waals surface area contributed by atoms with Crippen LogP contribution in [0, 0.1) is 0 Å². The van der Waals surface area contributed by atoms with Crippen LogP contribution in [0.2, 0.25) is 0 Å². The summed E-state index contributed by atoms with van der Waals surface area (Å²) in [6, 6.07) is 19.6. The minimum atomic E-state index is 0.106. The van der Waals surface area contributed by atoms with Gasteiger partial charge in [0.05, 0.1) is 6.61 Å². The highest BCUT2D eigenvalue weighted by atomic mass is 16.2. The number of hydrogen-bond donors (Lipinski definition) is 1. The van der Waals surface area contributed by atoms with Crippen LogP contribution >= 0.6 is 0 Å². The third-order valence-electron chi connectivity index (χ3n) is 2.38. The molecule has 2 aromatic rings. The van der Waals surface area contributed by atoms with E-state index in [2.05, 4.69) is 0 Å². The van der Waals surface area contributed by atoms with E-state index >= 15 is 0 Å². The Bertz CT molecular complexity index is 528. The molecular weight excluding hydrogens is 248 g/mol. The molecule has 0 spiro atoms. The summed E-state index contributed by atoms with van der Waals surface area (Å²) >= 11 is 0. The van der Waals surface area contributed by atoms with Gasteiger partial charge in [-0.3, -0.25) is 4.79 Å². The SMILES string of the molecule is O=C/C=C/c1ccccc1.OC/C=C/c1ccccc1. The number of allylic oxidation sites excluding steroid dienone is 1. The van der Waals surface area contributed by atoms with E-state index in [-0.39, 0.29) is 6.61 Å². The second-order valence-electron chi connectivity index (χ2n) is 3.90. The summed E-state index contributed by atoms with van der Waals surface area (Å²) in [4.78, 5) is 9.89. The van der Waals surface area contributed by atoms with Gasteiger partial charge in [0.1, 0.15) is 6.29 Å². The van der Waals surface area contributed by atoms with E-state index in [4.69, 9.17) is 5.11 Å². The van der Waals surface area contributed by atoms with E-state index in [0.717, 1.165) is 17.4 Å². The van der Waals surface area contributed by atoms with Gasteiger partial charge < -0.3 is 5.11 Å². The monoisotopic (exact) mass is 266 g/mol. The van der Waals surface area contributed by atoms with Crippen molar-refractivity contribution in [2.75, 3.05) is 6.61 Å². The largest absolute Gasteiger partial charge is 0.392 e. The van der Waals surface area contributed by atoms with Crippen molar-refractivity contribution in [1.82, 2.24) is 0 Å². The molecule has 0 amide bonds. The Morgan fingerprint density at radius 2 is 1.30 bits per heavy atom. The van der Waals surface area contributed by atoms with E-state index in [9.17, 15) is 4.79 Å². The third kappa shape index (κ3) is 7.09. The van der Waals surface area contributed by atoms with Crippen LogP contribution in [0.1, 0.15) is 11.1 Å². The van der Waals surface area contributed by atoms with Crippen LogP contribution in [0.25, 0.3) is 12.2 Å². The lowest BCUT2D eigenvalue weighted by molar-refractivity contribution is -0.104. The molecule has 2 rings (SSSR count). The minimum Gasteiger partial charge on any atom is -0.392 e. The summed E-state index contributed by atoms with van der Waals surface area (Å²) in [6.45, 7) is 0.106. The molecule has 0 heterocycles. The lowest BCUT2D eigenvalue weighted by Crippen LogP contribution is -1.72. The van der Waals surface area contributed by atoms with Gasteiger partial charge in [-0.05, 0) is 17.2 Å². The van der Waals surface area contributed by atoms with Crippen molar-refractivity contribution in [1.29, 1.82) is 0 Å². The molecular formula is C18H18O2. The zero-order valence-corrected chi connectivity index (χ0v) is 11.2. The Hall–Kier alpha value is -2.45. The van der Waals surface area contributed by atoms with Crippen molar-refractivity contribution in [2.24, 2.45) is 0 Å². The molecule has 2 nitrogen and oxygen atoms in total. The van der Waals surface area contributed by atoms with E-state index in [0.29, 0.717) is 0 Å². The van der Waals surface area contributed by atoms with Crippen molar-refractivity contribution < 1.29 is 9.90 Å². The molecule has 0 aliphatic rings. The van der Waals surface area contributed by atoms with Gasteiger partial charge in [0.15, 0.2) is 0 Å². The van der Waals surface area contributed by atoms with Crippen LogP contribution in [0.5, 0.6) is 0 Å². The number of hydrogen-bond acceptors (Lipinski definition) is 2. The van der Waals surface area contributed by atoms with E-state index in [1.165, 1.54) is 6.08 Å². The van der Waals surface area contributed by atoms with Gasteiger partial charge in [-0.1, -0.05) is 78.9 Å². The molecule has 0 atom stereocenters. The predicted octanol–water partition coefficient (Wildman–Crippen LogP) is 3.59. The first-order valence-corrected chi connectivity index (χ1v) is 6.36. The van der Waals surface area contributed by atoms with Crippen LogP contribution in [0.15, 0.2) is 72.8 Å². The lowest BCUT2D eigenvalue weighted by Gasteiger charge is -1.88. The first-order chi connectivity index (χ1) is 9.86. The molecule has 0 bridgehead atoms. The average molecular weight is 266 g/mol. The van der Waals surface area contributed by atoms with Crippen LogP contribution in [-0.4, -0.2) is 18.0 Å². The predicted molar refractivity (Wildman–Crippen MR) is 84.1 cm³/mol. The molecule has 0 saturated carbocycles. The Morgan fingerprint density at radius 1 is 0.800 bits per heavy atom. The normalized spacial score (nSPS) is 10.2. The maximum Gasteiger partial charge on any atom is 0.142 e. The summed E-state index contributed by atoms with van der Waals surface area (Å²) in [6.07, 6.45) is 7.63. The van der Waals surface area contributed by atoms with Gasteiger partial charge in [-0.25, -0.2) is 0 Å². The zero-order valence-electron chi connectivity index (χ0n) is 11.2. The molecule has 0 aromatic heterocycles. The fraction of sp³-hybridized carbons (Fsp3) is 0.0556. The summed E-state index contributed by atoms with van der Waals surface area (Å²) in [5.74, 6) is 0. The summed E-state index contributed by atoms with van der Waals surface area (Å²) < 4.78 is 0. The number of carbonyl (C=O) groups excluding carboxylic acids is 1. The van der Waals surface area contributed by atoms with Crippen molar-refractivity contribution in [2.45, 2.75) is 0 Å². The van der Waals surface area contributed by atoms with Gasteiger partial charge in [-0.15, -0.1) is 0 Å². The highest BCUT2D eigenvalue weighted by Crippen LogP contribution is 2.00. The Labute approximate surface area is 119 Å². The van der Waals surface area contributed by atoms with Crippen LogP contribution in [0.3, 0.4) is 0 Å². The number of benzene rings is 2. The minimum absolute atomic E-state index is 0.106. The average Bonchev–Trinajstić information content (AvgIpc) is 2.53. The number of rotatable bonds is 4. The van der Waals surface area contributed by atoms with Gasteiger partial charge in [-0.2, -0.15) is 0 Å². The van der Waals surface area contributed by atoms with E-state index in [1.807, 2.05) is 66.7 Å². The topological polar surface area (TPSA) is 37.3 Å². The fourth-order valence-corrected chi connectivity index (χ4v) is 1.47. The summed E-state index contributed by atoms with van der Waals surface area (Å²) in [5, 5.41) is 8.44. The van der Waals surface area contributed by atoms with Gasteiger partial charge in [0.25, 0.3) is 0 Å². The van der Waals surface area contributed by atoms with Crippen molar-refractivity contribution in [3.8, 4) is 0 Å². The van der Waals surface area contributed by atoms with Crippen molar-refractivity contribution in [3.63, 3.8) is 0 Å².